The van der Waals surface area contributed by atoms with Crippen LogP contribution in [0.25, 0.3) is 6.08 Å². The highest BCUT2D eigenvalue weighted by molar-refractivity contribution is 7.12. The fraction of sp³-hybridized carbons (Fsp3) is 0.333. The molecule has 0 saturated carbocycles. The Bertz CT molecular complexity index is 733. The highest BCUT2D eigenvalue weighted by Gasteiger charge is 2.21. The van der Waals surface area contributed by atoms with Crippen LogP contribution in [-0.4, -0.2) is 54.2 Å². The van der Waals surface area contributed by atoms with Crippen LogP contribution in [0, 0.1) is 0 Å². The molecular formula is C21H24N2O2S. The van der Waals surface area contributed by atoms with Crippen LogP contribution < -0.4 is 0 Å². The molecule has 4 nitrogen and oxygen atoms in total. The van der Waals surface area contributed by atoms with Gasteiger partial charge in [-0.15, -0.1) is 11.3 Å². The molecule has 0 aliphatic carbocycles. The number of hydrogen-bond acceptors (Lipinski definition) is 4. The van der Waals surface area contributed by atoms with Crippen molar-refractivity contribution in [2.45, 2.75) is 12.8 Å². The summed E-state index contributed by atoms with van der Waals surface area (Å²) in [5.74, 6) is 0.160. The van der Waals surface area contributed by atoms with E-state index < -0.39 is 0 Å². The molecule has 3 rings (SSSR count). The number of hydrogen-bond donors (Lipinski definition) is 0. The Labute approximate surface area is 158 Å². The van der Waals surface area contributed by atoms with Gasteiger partial charge in [0.15, 0.2) is 5.78 Å². The molecular weight excluding hydrogens is 344 g/mol. The molecule has 5 heteroatoms. The SMILES string of the molecule is O=C(CCC(=O)N1CCN(C/C=C/c2ccccc2)CC1)c1cccs1. The molecule has 1 saturated heterocycles. The van der Waals surface area contributed by atoms with Gasteiger partial charge in [0.2, 0.25) is 5.91 Å². The fourth-order valence-electron chi connectivity index (χ4n) is 3.02. The quantitative estimate of drug-likeness (QED) is 0.702. The van der Waals surface area contributed by atoms with E-state index in [0.29, 0.717) is 12.8 Å². The van der Waals surface area contributed by atoms with Crippen molar-refractivity contribution in [3.8, 4) is 0 Å². The van der Waals surface area contributed by atoms with E-state index >= 15 is 0 Å². The van der Waals surface area contributed by atoms with Gasteiger partial charge in [-0.05, 0) is 17.0 Å². The second-order valence-electron chi connectivity index (χ2n) is 6.39. The standard InChI is InChI=1S/C21H24N2O2S/c24-19(20-9-5-17-26-20)10-11-21(25)23-15-13-22(14-16-23)12-4-8-18-6-2-1-3-7-18/h1-9,17H,10-16H2/b8-4+. The van der Waals surface area contributed by atoms with Crippen molar-refractivity contribution in [2.24, 2.45) is 0 Å². The minimum atomic E-state index is 0.0676. The summed E-state index contributed by atoms with van der Waals surface area (Å²) in [6, 6.07) is 13.9. The average molecular weight is 369 g/mol. The van der Waals surface area contributed by atoms with Gasteiger partial charge in [-0.25, -0.2) is 0 Å². The Kier molecular flexibility index (Phi) is 6.75. The molecule has 2 heterocycles. The molecule has 0 atom stereocenters. The molecule has 1 aromatic heterocycles. The van der Waals surface area contributed by atoms with Gasteiger partial charge in [0.1, 0.15) is 0 Å². The van der Waals surface area contributed by atoms with Crippen LogP contribution in [0.4, 0.5) is 0 Å². The van der Waals surface area contributed by atoms with Crippen molar-refractivity contribution in [3.63, 3.8) is 0 Å². The zero-order chi connectivity index (χ0) is 18.2. The normalized spacial score (nSPS) is 15.5. The minimum absolute atomic E-state index is 0.0676. The number of carbonyl (C=O) groups is 2. The van der Waals surface area contributed by atoms with Gasteiger partial charge in [-0.3, -0.25) is 14.5 Å². The van der Waals surface area contributed by atoms with E-state index in [-0.39, 0.29) is 11.7 Å². The Morgan fingerprint density at radius 1 is 0.962 bits per heavy atom. The predicted octanol–water partition coefficient (Wildman–Crippen LogP) is 3.57. The zero-order valence-corrected chi connectivity index (χ0v) is 15.7. The van der Waals surface area contributed by atoms with Gasteiger partial charge >= 0.3 is 0 Å². The summed E-state index contributed by atoms with van der Waals surface area (Å²) in [5, 5.41) is 1.89. The van der Waals surface area contributed by atoms with Crippen LogP contribution in [0.15, 0.2) is 53.9 Å². The topological polar surface area (TPSA) is 40.6 Å². The number of carbonyl (C=O) groups excluding carboxylic acids is 2. The molecule has 136 valence electrons. The number of amides is 1. The average Bonchev–Trinajstić information content (AvgIpc) is 3.22. The summed E-state index contributed by atoms with van der Waals surface area (Å²) in [6.07, 6.45) is 4.92. The molecule has 1 fully saturated rings. The van der Waals surface area contributed by atoms with Gasteiger partial charge in [0.25, 0.3) is 0 Å². The first-order chi connectivity index (χ1) is 12.7. The van der Waals surface area contributed by atoms with E-state index in [1.54, 1.807) is 0 Å². The third kappa shape index (κ3) is 5.38. The lowest BCUT2D eigenvalue weighted by atomic mass is 10.1. The van der Waals surface area contributed by atoms with Gasteiger partial charge in [0, 0.05) is 45.6 Å². The van der Waals surface area contributed by atoms with E-state index in [1.807, 2.05) is 40.6 Å². The fourth-order valence-corrected chi connectivity index (χ4v) is 3.72. The monoisotopic (exact) mass is 368 g/mol. The molecule has 1 aliphatic heterocycles. The number of nitrogens with zero attached hydrogens (tertiary/aromatic N) is 2. The summed E-state index contributed by atoms with van der Waals surface area (Å²) >= 11 is 1.44. The highest BCUT2D eigenvalue weighted by Crippen LogP contribution is 2.13. The lowest BCUT2D eigenvalue weighted by molar-refractivity contribution is -0.132. The second kappa shape index (κ2) is 9.46. The van der Waals surface area contributed by atoms with Gasteiger partial charge in [0.05, 0.1) is 4.88 Å². The molecule has 0 radical (unpaired) electrons. The van der Waals surface area contributed by atoms with Crippen molar-refractivity contribution in [1.29, 1.82) is 0 Å². The second-order valence-corrected chi connectivity index (χ2v) is 7.34. The number of thiophene rings is 1. The van der Waals surface area contributed by atoms with Crippen molar-refractivity contribution in [3.05, 3.63) is 64.4 Å². The number of Topliss-reactive ketones (excluding diaryl/α,β-unsaturated/α-hetero) is 1. The first-order valence-electron chi connectivity index (χ1n) is 9.01. The van der Waals surface area contributed by atoms with E-state index in [9.17, 15) is 9.59 Å². The molecule has 0 N–H and O–H groups in total. The minimum Gasteiger partial charge on any atom is -0.340 e. The molecule has 26 heavy (non-hydrogen) atoms. The highest BCUT2D eigenvalue weighted by atomic mass is 32.1. The van der Waals surface area contributed by atoms with Gasteiger partial charge < -0.3 is 4.90 Å². The number of piperazine rings is 1. The number of ketones is 1. The summed E-state index contributed by atoms with van der Waals surface area (Å²) in [4.78, 5) is 29.3. The molecule has 2 aromatic rings. The Hall–Kier alpha value is -2.24. The van der Waals surface area contributed by atoms with Crippen molar-refractivity contribution >= 4 is 29.1 Å². The molecule has 0 bridgehead atoms. The van der Waals surface area contributed by atoms with Crippen LogP contribution in [0.3, 0.4) is 0 Å². The Morgan fingerprint density at radius 3 is 2.42 bits per heavy atom. The largest absolute Gasteiger partial charge is 0.340 e. The molecule has 1 aromatic carbocycles. The molecule has 0 spiro atoms. The summed E-state index contributed by atoms with van der Waals surface area (Å²) < 4.78 is 0. The smallest absolute Gasteiger partial charge is 0.223 e. The Balaban J connectivity index is 1.37. The summed E-state index contributed by atoms with van der Waals surface area (Å²) in [7, 11) is 0. The van der Waals surface area contributed by atoms with Crippen LogP contribution in [-0.2, 0) is 4.79 Å². The van der Waals surface area contributed by atoms with E-state index in [1.165, 1.54) is 16.9 Å². The lowest BCUT2D eigenvalue weighted by Gasteiger charge is -2.34. The van der Waals surface area contributed by atoms with Gasteiger partial charge in [-0.1, -0.05) is 48.6 Å². The molecule has 0 unspecified atom stereocenters. The lowest BCUT2D eigenvalue weighted by Crippen LogP contribution is -2.48. The number of benzene rings is 1. The van der Waals surface area contributed by atoms with Crippen molar-refractivity contribution < 1.29 is 9.59 Å². The third-order valence-electron chi connectivity index (χ3n) is 4.56. The molecule has 1 aliphatic rings. The zero-order valence-electron chi connectivity index (χ0n) is 14.8. The van der Waals surface area contributed by atoms with Crippen molar-refractivity contribution in [2.75, 3.05) is 32.7 Å². The van der Waals surface area contributed by atoms with Crippen LogP contribution >= 0.6 is 11.3 Å². The molecule has 1 amide bonds. The summed E-state index contributed by atoms with van der Waals surface area (Å²) in [6.45, 7) is 4.14. The Morgan fingerprint density at radius 2 is 1.73 bits per heavy atom. The van der Waals surface area contributed by atoms with E-state index in [4.69, 9.17) is 0 Å². The van der Waals surface area contributed by atoms with Gasteiger partial charge in [-0.2, -0.15) is 0 Å². The first kappa shape index (κ1) is 18.5. The maximum Gasteiger partial charge on any atom is 0.223 e. The third-order valence-corrected chi connectivity index (χ3v) is 5.47. The first-order valence-corrected chi connectivity index (χ1v) is 9.89. The maximum atomic E-state index is 12.3. The van der Waals surface area contributed by atoms with Crippen molar-refractivity contribution in [1.82, 2.24) is 9.80 Å². The van der Waals surface area contributed by atoms with E-state index in [2.05, 4.69) is 29.2 Å². The van der Waals surface area contributed by atoms with Crippen LogP contribution in [0.1, 0.15) is 28.1 Å². The predicted molar refractivity (Wildman–Crippen MR) is 106 cm³/mol. The van der Waals surface area contributed by atoms with Crippen LogP contribution in [0.2, 0.25) is 0 Å². The van der Waals surface area contributed by atoms with E-state index in [0.717, 1.165) is 37.6 Å². The van der Waals surface area contributed by atoms with Crippen LogP contribution in [0.5, 0.6) is 0 Å². The number of rotatable bonds is 7. The maximum absolute atomic E-state index is 12.3. The summed E-state index contributed by atoms with van der Waals surface area (Å²) in [5.41, 5.74) is 1.21.